The molecule has 3 N–H and O–H groups in total. The molecule has 0 aliphatic heterocycles. The quantitative estimate of drug-likeness (QED) is 0.741. The molecule has 1 saturated carbocycles. The molecular formula is C8H12ClN5. The normalized spacial score (nSPS) is 17.9. The highest BCUT2D eigenvalue weighted by molar-refractivity contribution is 6.20. The predicted octanol–water partition coefficient (Wildman–Crippen LogP) is 1.33. The van der Waals surface area contributed by atoms with Crippen LogP contribution in [0.25, 0.3) is 0 Å². The van der Waals surface area contributed by atoms with E-state index in [1.165, 1.54) is 0 Å². The Balaban J connectivity index is 2.21. The van der Waals surface area contributed by atoms with Gasteiger partial charge in [-0.15, -0.1) is 11.6 Å². The second-order valence-corrected chi connectivity index (χ2v) is 4.06. The third-order valence-corrected chi connectivity index (χ3v) is 2.13. The zero-order valence-corrected chi connectivity index (χ0v) is 8.62. The molecule has 1 fully saturated rings. The molecule has 2 rings (SSSR count). The summed E-state index contributed by atoms with van der Waals surface area (Å²) < 4.78 is 0. The number of nitrogens with two attached hydrogens (primary N) is 1. The second kappa shape index (κ2) is 3.57. The highest BCUT2D eigenvalue weighted by Gasteiger charge is 2.22. The first kappa shape index (κ1) is 9.45. The van der Waals surface area contributed by atoms with Crippen LogP contribution in [0.5, 0.6) is 0 Å². The minimum absolute atomic E-state index is 0.214. The van der Waals surface area contributed by atoms with E-state index in [0.717, 1.165) is 12.8 Å². The van der Waals surface area contributed by atoms with Crippen LogP contribution in [0.1, 0.15) is 31.0 Å². The van der Waals surface area contributed by atoms with Crippen molar-refractivity contribution in [1.29, 1.82) is 0 Å². The van der Waals surface area contributed by atoms with Gasteiger partial charge in [0.2, 0.25) is 11.9 Å². The van der Waals surface area contributed by atoms with E-state index in [1.807, 2.05) is 0 Å². The van der Waals surface area contributed by atoms with Gasteiger partial charge in [-0.3, -0.25) is 0 Å². The summed E-state index contributed by atoms with van der Waals surface area (Å²) >= 11 is 5.86. The summed E-state index contributed by atoms with van der Waals surface area (Å²) in [5.74, 6) is 1.26. The Morgan fingerprint density at radius 1 is 1.43 bits per heavy atom. The number of anilines is 2. The monoisotopic (exact) mass is 213 g/mol. The third-order valence-electron chi connectivity index (χ3n) is 1.94. The summed E-state index contributed by atoms with van der Waals surface area (Å²) in [4.78, 5) is 12.1. The van der Waals surface area contributed by atoms with Crippen LogP contribution in [0, 0.1) is 0 Å². The van der Waals surface area contributed by atoms with Gasteiger partial charge >= 0.3 is 0 Å². The third kappa shape index (κ3) is 2.23. The van der Waals surface area contributed by atoms with Gasteiger partial charge in [-0.2, -0.15) is 15.0 Å². The van der Waals surface area contributed by atoms with Gasteiger partial charge in [0, 0.05) is 6.04 Å². The van der Waals surface area contributed by atoms with Crippen molar-refractivity contribution in [3.63, 3.8) is 0 Å². The lowest BCUT2D eigenvalue weighted by molar-refractivity contribution is 0.877. The topological polar surface area (TPSA) is 76.7 Å². The predicted molar refractivity (Wildman–Crippen MR) is 55.2 cm³/mol. The van der Waals surface area contributed by atoms with Gasteiger partial charge in [0.1, 0.15) is 0 Å². The van der Waals surface area contributed by atoms with Gasteiger partial charge in [0.05, 0.1) is 5.38 Å². The maximum absolute atomic E-state index is 5.86. The molecule has 1 heterocycles. The highest BCUT2D eigenvalue weighted by Crippen LogP contribution is 2.24. The fourth-order valence-corrected chi connectivity index (χ4v) is 1.16. The number of rotatable bonds is 3. The van der Waals surface area contributed by atoms with E-state index >= 15 is 0 Å². The van der Waals surface area contributed by atoms with Crippen molar-refractivity contribution in [3.8, 4) is 0 Å². The van der Waals surface area contributed by atoms with Gasteiger partial charge in [-0.25, -0.2) is 0 Å². The van der Waals surface area contributed by atoms with Crippen LogP contribution in [-0.2, 0) is 0 Å². The molecular weight excluding hydrogens is 202 g/mol. The molecule has 0 bridgehead atoms. The van der Waals surface area contributed by atoms with E-state index in [1.54, 1.807) is 6.92 Å². The molecule has 0 radical (unpaired) electrons. The Hall–Kier alpha value is -1.10. The molecule has 5 nitrogen and oxygen atoms in total. The molecule has 76 valence electrons. The van der Waals surface area contributed by atoms with Crippen LogP contribution in [-0.4, -0.2) is 21.0 Å². The number of halogens is 1. The first-order valence-corrected chi connectivity index (χ1v) is 5.01. The van der Waals surface area contributed by atoms with Crippen molar-refractivity contribution in [1.82, 2.24) is 15.0 Å². The van der Waals surface area contributed by atoms with Gasteiger partial charge in [-0.05, 0) is 19.8 Å². The van der Waals surface area contributed by atoms with E-state index in [4.69, 9.17) is 17.3 Å². The average molecular weight is 214 g/mol. The van der Waals surface area contributed by atoms with Crippen LogP contribution in [0.4, 0.5) is 11.9 Å². The average Bonchev–Trinajstić information content (AvgIpc) is 2.87. The Labute approximate surface area is 87.1 Å². The number of alkyl halides is 1. The SMILES string of the molecule is CC(Cl)c1nc(N)nc(NC2CC2)n1. The summed E-state index contributed by atoms with van der Waals surface area (Å²) in [7, 11) is 0. The fourth-order valence-electron chi connectivity index (χ4n) is 1.06. The number of aromatic nitrogens is 3. The number of hydrogen-bond acceptors (Lipinski definition) is 5. The van der Waals surface area contributed by atoms with Crippen LogP contribution in [0.15, 0.2) is 0 Å². The first-order chi connectivity index (χ1) is 6.65. The Kier molecular flexibility index (Phi) is 2.41. The number of hydrogen-bond donors (Lipinski definition) is 2. The van der Waals surface area contributed by atoms with E-state index in [0.29, 0.717) is 17.8 Å². The molecule has 1 aromatic heterocycles. The van der Waals surface area contributed by atoms with Gasteiger partial charge < -0.3 is 11.1 Å². The Morgan fingerprint density at radius 3 is 2.71 bits per heavy atom. The van der Waals surface area contributed by atoms with Gasteiger partial charge in [0.25, 0.3) is 0 Å². The smallest absolute Gasteiger partial charge is 0.228 e. The van der Waals surface area contributed by atoms with E-state index in [9.17, 15) is 0 Å². The lowest BCUT2D eigenvalue weighted by Crippen LogP contribution is -2.11. The molecule has 0 spiro atoms. The molecule has 0 amide bonds. The maximum Gasteiger partial charge on any atom is 0.228 e. The summed E-state index contributed by atoms with van der Waals surface area (Å²) in [5, 5.41) is 2.90. The Morgan fingerprint density at radius 2 is 2.14 bits per heavy atom. The van der Waals surface area contributed by atoms with Crippen LogP contribution in [0.3, 0.4) is 0 Å². The molecule has 14 heavy (non-hydrogen) atoms. The zero-order chi connectivity index (χ0) is 10.1. The van der Waals surface area contributed by atoms with Crippen molar-refractivity contribution >= 4 is 23.5 Å². The number of nitrogens with zero attached hydrogens (tertiary/aromatic N) is 3. The summed E-state index contributed by atoms with van der Waals surface area (Å²) in [6.45, 7) is 1.80. The largest absolute Gasteiger partial charge is 0.368 e. The minimum Gasteiger partial charge on any atom is -0.368 e. The minimum atomic E-state index is -0.250. The molecule has 1 atom stereocenters. The summed E-state index contributed by atoms with van der Waals surface area (Å²) in [6.07, 6.45) is 2.33. The second-order valence-electron chi connectivity index (χ2n) is 3.41. The van der Waals surface area contributed by atoms with Crippen molar-refractivity contribution in [3.05, 3.63) is 5.82 Å². The lowest BCUT2D eigenvalue weighted by atomic mass is 10.4. The molecule has 1 unspecified atom stereocenters. The first-order valence-electron chi connectivity index (χ1n) is 4.57. The molecule has 1 aliphatic rings. The van der Waals surface area contributed by atoms with Crippen LogP contribution < -0.4 is 11.1 Å². The van der Waals surface area contributed by atoms with Gasteiger partial charge in [0.15, 0.2) is 5.82 Å². The Bertz CT molecular complexity index is 337. The lowest BCUT2D eigenvalue weighted by Gasteiger charge is -2.06. The molecule has 1 aromatic rings. The van der Waals surface area contributed by atoms with E-state index in [-0.39, 0.29) is 11.3 Å². The van der Waals surface area contributed by atoms with Crippen molar-refractivity contribution < 1.29 is 0 Å². The molecule has 1 aliphatic carbocycles. The zero-order valence-electron chi connectivity index (χ0n) is 7.87. The number of nitrogens with one attached hydrogen (secondary N) is 1. The highest BCUT2D eigenvalue weighted by atomic mass is 35.5. The summed E-state index contributed by atoms with van der Waals surface area (Å²) in [5.41, 5.74) is 5.53. The van der Waals surface area contributed by atoms with E-state index in [2.05, 4.69) is 20.3 Å². The van der Waals surface area contributed by atoms with E-state index < -0.39 is 0 Å². The van der Waals surface area contributed by atoms with Crippen molar-refractivity contribution in [2.24, 2.45) is 0 Å². The summed E-state index contributed by atoms with van der Waals surface area (Å²) in [6, 6.07) is 0.496. The van der Waals surface area contributed by atoms with Crippen molar-refractivity contribution in [2.45, 2.75) is 31.2 Å². The number of nitrogen functional groups attached to an aromatic ring is 1. The maximum atomic E-state index is 5.86. The molecule has 6 heteroatoms. The van der Waals surface area contributed by atoms with Crippen LogP contribution in [0.2, 0.25) is 0 Å². The van der Waals surface area contributed by atoms with Crippen LogP contribution >= 0.6 is 11.6 Å². The molecule has 0 aromatic carbocycles. The molecule has 0 saturated heterocycles. The van der Waals surface area contributed by atoms with Gasteiger partial charge in [-0.1, -0.05) is 0 Å². The van der Waals surface area contributed by atoms with Crippen molar-refractivity contribution in [2.75, 3.05) is 11.1 Å². The fraction of sp³-hybridized carbons (Fsp3) is 0.625. The standard InChI is InChI=1S/C8H12ClN5/c1-4(9)6-12-7(10)14-8(13-6)11-5-2-3-5/h4-5H,2-3H2,1H3,(H3,10,11,12,13,14).